The summed E-state index contributed by atoms with van der Waals surface area (Å²) in [6.45, 7) is 2.14. The van der Waals surface area contributed by atoms with Crippen LogP contribution in [0, 0.1) is 6.92 Å². The fourth-order valence-electron chi connectivity index (χ4n) is 8.30. The first-order valence-corrected chi connectivity index (χ1v) is 19.2. The topological polar surface area (TPSA) is 56.7 Å². The predicted molar refractivity (Wildman–Crippen MR) is 233 cm³/mol. The summed E-state index contributed by atoms with van der Waals surface area (Å²) in [5, 5.41) is 4.70. The molecule has 5 heteroatoms. The summed E-state index contributed by atoms with van der Waals surface area (Å²) < 4.78 is 8.53. The van der Waals surface area contributed by atoms with Crippen molar-refractivity contribution in [3.63, 3.8) is 0 Å². The van der Waals surface area contributed by atoms with Crippen LogP contribution in [0.1, 0.15) is 5.56 Å². The zero-order valence-electron chi connectivity index (χ0n) is 31.1. The Morgan fingerprint density at radius 1 is 0.421 bits per heavy atom. The first-order valence-electron chi connectivity index (χ1n) is 19.2. The van der Waals surface area contributed by atoms with Crippen molar-refractivity contribution in [2.45, 2.75) is 6.92 Å². The lowest BCUT2D eigenvalue weighted by Gasteiger charge is -2.17. The number of fused-ring (bicyclic) bond motifs is 5. The maximum atomic E-state index is 6.19. The second-order valence-corrected chi connectivity index (χ2v) is 14.4. The smallest absolute Gasteiger partial charge is 0.227 e. The van der Waals surface area contributed by atoms with Crippen molar-refractivity contribution in [1.29, 1.82) is 0 Å². The zero-order valence-corrected chi connectivity index (χ0v) is 31.1. The maximum absolute atomic E-state index is 6.19. The second kappa shape index (κ2) is 13.3. The molecule has 11 aromatic rings. The molecule has 0 N–H and O–H groups in total. The van der Waals surface area contributed by atoms with E-state index in [0.29, 0.717) is 11.7 Å². The van der Waals surface area contributed by atoms with E-state index in [1.807, 2.05) is 48.5 Å². The lowest BCUT2D eigenvalue weighted by molar-refractivity contribution is 0.620. The zero-order chi connectivity index (χ0) is 37.9. The van der Waals surface area contributed by atoms with E-state index in [2.05, 4.69) is 151 Å². The normalized spacial score (nSPS) is 11.6. The first kappa shape index (κ1) is 32.8. The van der Waals surface area contributed by atoms with Gasteiger partial charge in [0, 0.05) is 44.3 Å². The van der Waals surface area contributed by atoms with Crippen LogP contribution in [0.25, 0.3) is 106 Å². The van der Waals surface area contributed by atoms with Gasteiger partial charge in [-0.25, -0.2) is 15.0 Å². The lowest BCUT2D eigenvalue weighted by atomic mass is 9.91. The van der Waals surface area contributed by atoms with Gasteiger partial charge in [0.25, 0.3) is 0 Å². The van der Waals surface area contributed by atoms with E-state index in [-0.39, 0.29) is 0 Å². The van der Waals surface area contributed by atoms with Gasteiger partial charge >= 0.3 is 0 Å². The summed E-state index contributed by atoms with van der Waals surface area (Å²) in [4.78, 5) is 15.2. The average molecular weight is 731 g/mol. The van der Waals surface area contributed by atoms with Crippen molar-refractivity contribution in [3.05, 3.63) is 194 Å². The number of rotatable bonds is 6. The third-order valence-corrected chi connectivity index (χ3v) is 11.1. The SMILES string of the molecule is Cc1c(-c2ccccc2)nc(-c2ccccc2)nc1-c1ccc(-c2ccc(-n3c4ccccc4c4ccc(-c5nc6ccccc6o5)cc43)cc2)c2ccccc12. The highest BCUT2D eigenvalue weighted by atomic mass is 16.3. The molecule has 8 aromatic carbocycles. The fourth-order valence-corrected chi connectivity index (χ4v) is 8.30. The van der Waals surface area contributed by atoms with Gasteiger partial charge < -0.3 is 8.98 Å². The molecule has 0 saturated carbocycles. The van der Waals surface area contributed by atoms with E-state index < -0.39 is 0 Å². The Morgan fingerprint density at radius 3 is 1.79 bits per heavy atom. The van der Waals surface area contributed by atoms with Crippen molar-refractivity contribution >= 4 is 43.7 Å². The third kappa shape index (κ3) is 5.51. The van der Waals surface area contributed by atoms with Gasteiger partial charge in [-0.1, -0.05) is 146 Å². The summed E-state index contributed by atoms with van der Waals surface area (Å²) >= 11 is 0. The van der Waals surface area contributed by atoms with E-state index in [4.69, 9.17) is 19.4 Å². The molecule has 3 aromatic heterocycles. The molecule has 0 bridgehead atoms. The molecule has 57 heavy (non-hydrogen) atoms. The van der Waals surface area contributed by atoms with E-state index in [1.165, 1.54) is 21.7 Å². The minimum absolute atomic E-state index is 0.616. The van der Waals surface area contributed by atoms with Crippen molar-refractivity contribution in [2.24, 2.45) is 0 Å². The molecular formula is C52H34N4O. The minimum atomic E-state index is 0.616. The largest absolute Gasteiger partial charge is 0.436 e. The highest BCUT2D eigenvalue weighted by Crippen LogP contribution is 2.40. The van der Waals surface area contributed by atoms with E-state index >= 15 is 0 Å². The molecule has 0 amide bonds. The Bertz CT molecular complexity index is 3260. The van der Waals surface area contributed by atoms with Crippen LogP contribution < -0.4 is 0 Å². The summed E-state index contributed by atoms with van der Waals surface area (Å²) in [5.74, 6) is 1.33. The number of hydrogen-bond acceptors (Lipinski definition) is 4. The van der Waals surface area contributed by atoms with E-state index in [0.717, 1.165) is 78.0 Å². The second-order valence-electron chi connectivity index (χ2n) is 14.4. The van der Waals surface area contributed by atoms with E-state index in [1.54, 1.807) is 0 Å². The standard InChI is InChI=1S/C52H34N4O/c1-33-49(35-14-4-2-5-15-35)54-51(36-16-6-3-7-17-36)55-50(33)44-31-30-39(40-18-8-9-19-41(40)44)34-24-27-38(28-25-34)56-46-22-12-10-20-42(46)43-29-26-37(32-47(43)56)52-53-45-21-11-13-23-48(45)57-52/h2-32H,1H3. The van der Waals surface area contributed by atoms with Gasteiger partial charge in [0.05, 0.1) is 22.4 Å². The van der Waals surface area contributed by atoms with Gasteiger partial charge in [0.2, 0.25) is 5.89 Å². The Labute approximate surface area is 329 Å². The number of benzene rings is 8. The Hall–Kier alpha value is -7.63. The van der Waals surface area contributed by atoms with Crippen LogP contribution in [0.2, 0.25) is 0 Å². The molecule has 11 rings (SSSR count). The minimum Gasteiger partial charge on any atom is -0.436 e. The molecule has 0 spiro atoms. The molecule has 0 aliphatic heterocycles. The van der Waals surface area contributed by atoms with Crippen LogP contribution in [0.3, 0.4) is 0 Å². The summed E-state index contributed by atoms with van der Waals surface area (Å²) in [6, 6.07) is 65.7. The van der Waals surface area contributed by atoms with Gasteiger partial charge in [-0.3, -0.25) is 0 Å². The van der Waals surface area contributed by atoms with Crippen LogP contribution in [-0.4, -0.2) is 19.5 Å². The Balaban J connectivity index is 1.03. The monoisotopic (exact) mass is 730 g/mol. The molecule has 0 fully saturated rings. The van der Waals surface area contributed by atoms with Gasteiger partial charge in [-0.15, -0.1) is 0 Å². The predicted octanol–water partition coefficient (Wildman–Crippen LogP) is 13.5. The molecular weight excluding hydrogens is 697 g/mol. The third-order valence-electron chi connectivity index (χ3n) is 11.1. The molecule has 5 nitrogen and oxygen atoms in total. The average Bonchev–Trinajstić information content (AvgIpc) is 3.86. The van der Waals surface area contributed by atoms with Crippen molar-refractivity contribution in [1.82, 2.24) is 19.5 Å². The summed E-state index contributed by atoms with van der Waals surface area (Å²) in [5.41, 5.74) is 14.3. The van der Waals surface area contributed by atoms with Crippen LogP contribution >= 0.6 is 0 Å². The first-order chi connectivity index (χ1) is 28.2. The van der Waals surface area contributed by atoms with Gasteiger partial charge in [-0.05, 0) is 71.3 Å². The molecule has 0 atom stereocenters. The Morgan fingerprint density at radius 2 is 1.02 bits per heavy atom. The Kier molecular flexibility index (Phi) is 7.64. The number of para-hydroxylation sites is 3. The molecule has 0 radical (unpaired) electrons. The lowest BCUT2D eigenvalue weighted by Crippen LogP contribution is -2.01. The molecule has 0 saturated heterocycles. The maximum Gasteiger partial charge on any atom is 0.227 e. The van der Waals surface area contributed by atoms with Gasteiger partial charge in [-0.2, -0.15) is 0 Å². The summed E-state index contributed by atoms with van der Waals surface area (Å²) in [6.07, 6.45) is 0. The van der Waals surface area contributed by atoms with Crippen molar-refractivity contribution < 1.29 is 4.42 Å². The van der Waals surface area contributed by atoms with Crippen molar-refractivity contribution in [3.8, 4) is 62.2 Å². The van der Waals surface area contributed by atoms with Crippen LogP contribution in [-0.2, 0) is 0 Å². The fraction of sp³-hybridized carbons (Fsp3) is 0.0192. The molecule has 268 valence electrons. The molecule has 3 heterocycles. The summed E-state index contributed by atoms with van der Waals surface area (Å²) in [7, 11) is 0. The highest BCUT2D eigenvalue weighted by Gasteiger charge is 2.20. The quantitative estimate of drug-likeness (QED) is 0.171. The number of hydrogen-bond donors (Lipinski definition) is 0. The number of oxazole rings is 1. The highest BCUT2D eigenvalue weighted by molar-refractivity contribution is 6.10. The van der Waals surface area contributed by atoms with Crippen LogP contribution in [0.4, 0.5) is 0 Å². The van der Waals surface area contributed by atoms with Gasteiger partial charge in [0.15, 0.2) is 11.4 Å². The van der Waals surface area contributed by atoms with Crippen LogP contribution in [0.5, 0.6) is 0 Å². The van der Waals surface area contributed by atoms with Crippen LogP contribution in [0.15, 0.2) is 192 Å². The molecule has 0 unspecified atom stereocenters. The molecule has 0 aliphatic rings. The number of aromatic nitrogens is 4. The van der Waals surface area contributed by atoms with Gasteiger partial charge in [0.1, 0.15) is 5.52 Å². The van der Waals surface area contributed by atoms with Crippen molar-refractivity contribution in [2.75, 3.05) is 0 Å². The number of nitrogens with zero attached hydrogens (tertiary/aromatic N) is 4. The van der Waals surface area contributed by atoms with E-state index in [9.17, 15) is 0 Å². The molecule has 0 aliphatic carbocycles.